The van der Waals surface area contributed by atoms with Crippen molar-refractivity contribution in [1.82, 2.24) is 14.8 Å². The van der Waals surface area contributed by atoms with Gasteiger partial charge in [0, 0.05) is 55.8 Å². The first-order valence-corrected chi connectivity index (χ1v) is 10.8. The van der Waals surface area contributed by atoms with Gasteiger partial charge in [0.05, 0.1) is 9.80 Å². The number of hydrogen-bond acceptors (Lipinski definition) is 7. The van der Waals surface area contributed by atoms with Crippen LogP contribution < -0.4 is 4.74 Å². The summed E-state index contributed by atoms with van der Waals surface area (Å²) >= 11 is 0.864. The van der Waals surface area contributed by atoms with Gasteiger partial charge in [-0.2, -0.15) is 0 Å². The van der Waals surface area contributed by atoms with Crippen molar-refractivity contribution in [2.45, 2.75) is 6.61 Å². The first kappa shape index (κ1) is 21.4. The van der Waals surface area contributed by atoms with Gasteiger partial charge in [-0.1, -0.05) is 17.4 Å². The molecule has 0 saturated carbocycles. The zero-order valence-electron chi connectivity index (χ0n) is 17.0. The lowest BCUT2D eigenvalue weighted by Crippen LogP contribution is -2.50. The summed E-state index contributed by atoms with van der Waals surface area (Å²) in [6.07, 6.45) is 3.44. The van der Waals surface area contributed by atoms with E-state index in [1.807, 2.05) is 12.1 Å². The molecule has 1 fully saturated rings. The molecule has 32 heavy (non-hydrogen) atoms. The molecule has 0 unspecified atom stereocenters. The smallest absolute Gasteiger partial charge is 0.324 e. The van der Waals surface area contributed by atoms with Crippen LogP contribution in [-0.2, 0) is 6.61 Å². The lowest BCUT2D eigenvalue weighted by Gasteiger charge is -2.34. The van der Waals surface area contributed by atoms with E-state index >= 15 is 0 Å². The fourth-order valence-corrected chi connectivity index (χ4v) is 4.12. The summed E-state index contributed by atoms with van der Waals surface area (Å²) in [5.74, 6) is 0.304. The molecule has 3 heterocycles. The van der Waals surface area contributed by atoms with E-state index in [1.165, 1.54) is 12.1 Å². The van der Waals surface area contributed by atoms with Gasteiger partial charge in [0.25, 0.3) is 11.8 Å². The first-order chi connectivity index (χ1) is 15.5. The molecule has 2 aromatic heterocycles. The summed E-state index contributed by atoms with van der Waals surface area (Å²) in [7, 11) is 0. The summed E-state index contributed by atoms with van der Waals surface area (Å²) in [4.78, 5) is 43.4. The number of ether oxygens (including phenoxy) is 1. The maximum Gasteiger partial charge on any atom is 0.324 e. The average Bonchev–Trinajstić information content (AvgIpc) is 3.34. The molecular formula is C22H20N4O5S. The van der Waals surface area contributed by atoms with Gasteiger partial charge in [-0.3, -0.25) is 24.7 Å². The number of nitrogens with zero attached hydrogens (tertiary/aromatic N) is 4. The molecule has 0 N–H and O–H groups in total. The molecule has 3 aromatic rings. The predicted molar refractivity (Wildman–Crippen MR) is 118 cm³/mol. The summed E-state index contributed by atoms with van der Waals surface area (Å²) in [6.45, 7) is 1.95. The van der Waals surface area contributed by atoms with Gasteiger partial charge in [0.2, 0.25) is 0 Å². The Kier molecular flexibility index (Phi) is 6.41. The van der Waals surface area contributed by atoms with Gasteiger partial charge in [-0.05, 0) is 36.4 Å². The van der Waals surface area contributed by atoms with E-state index in [4.69, 9.17) is 4.74 Å². The summed E-state index contributed by atoms with van der Waals surface area (Å²) < 4.78 is 5.72. The molecule has 1 aliphatic heterocycles. The number of thiophene rings is 1. The number of carbonyl (C=O) groups excluding carboxylic acids is 2. The van der Waals surface area contributed by atoms with Crippen molar-refractivity contribution in [3.05, 3.63) is 87.0 Å². The summed E-state index contributed by atoms with van der Waals surface area (Å²) in [5.41, 5.74) is 1.50. The number of benzene rings is 1. The number of pyridine rings is 1. The Bertz CT molecular complexity index is 1110. The molecule has 1 aromatic carbocycles. The third-order valence-electron chi connectivity index (χ3n) is 5.07. The highest BCUT2D eigenvalue weighted by Crippen LogP contribution is 2.25. The Morgan fingerprint density at radius 1 is 1.00 bits per heavy atom. The van der Waals surface area contributed by atoms with E-state index in [2.05, 4.69) is 4.98 Å². The number of aromatic nitrogens is 1. The van der Waals surface area contributed by atoms with Crippen LogP contribution in [0.25, 0.3) is 0 Å². The lowest BCUT2D eigenvalue weighted by atomic mass is 10.1. The molecule has 9 nitrogen and oxygen atoms in total. The molecule has 0 bridgehead atoms. The van der Waals surface area contributed by atoms with E-state index < -0.39 is 4.92 Å². The van der Waals surface area contributed by atoms with Gasteiger partial charge in [0.1, 0.15) is 12.4 Å². The molecule has 0 atom stereocenters. The van der Waals surface area contributed by atoms with Gasteiger partial charge in [-0.15, -0.1) is 0 Å². The highest BCUT2D eigenvalue weighted by atomic mass is 32.1. The largest absolute Gasteiger partial charge is 0.489 e. The molecule has 1 aliphatic rings. The summed E-state index contributed by atoms with van der Waals surface area (Å²) in [6, 6.07) is 13.5. The van der Waals surface area contributed by atoms with Crippen molar-refractivity contribution in [2.24, 2.45) is 0 Å². The molecule has 0 radical (unpaired) electrons. The fraction of sp³-hybridized carbons (Fsp3) is 0.227. The van der Waals surface area contributed by atoms with E-state index in [0.717, 1.165) is 16.9 Å². The number of amides is 2. The highest BCUT2D eigenvalue weighted by Gasteiger charge is 2.27. The molecule has 0 spiro atoms. The molecule has 0 aliphatic carbocycles. The van der Waals surface area contributed by atoms with Crippen LogP contribution in [0, 0.1) is 10.1 Å². The van der Waals surface area contributed by atoms with Crippen LogP contribution in [0.4, 0.5) is 5.00 Å². The van der Waals surface area contributed by atoms with Gasteiger partial charge < -0.3 is 14.5 Å². The van der Waals surface area contributed by atoms with Crippen LogP contribution in [-0.4, -0.2) is 57.7 Å². The SMILES string of the molecule is O=C(c1ccc(OCc2cccnc2)cc1)N1CCN(C(=O)c2ccc([N+](=O)[O-])s2)CC1. The summed E-state index contributed by atoms with van der Waals surface area (Å²) in [5, 5.41) is 10.8. The third kappa shape index (κ3) is 4.92. The van der Waals surface area contributed by atoms with Crippen LogP contribution in [0.3, 0.4) is 0 Å². The minimum Gasteiger partial charge on any atom is -0.489 e. The van der Waals surface area contributed by atoms with Gasteiger partial charge in [-0.25, -0.2) is 0 Å². The van der Waals surface area contributed by atoms with Crippen LogP contribution in [0.5, 0.6) is 5.75 Å². The Hall–Kier alpha value is -3.79. The highest BCUT2D eigenvalue weighted by molar-refractivity contribution is 7.17. The molecule has 1 saturated heterocycles. The fourth-order valence-electron chi connectivity index (χ4n) is 3.34. The number of nitro groups is 1. The Morgan fingerprint density at radius 2 is 1.69 bits per heavy atom. The standard InChI is InChI=1S/C22H20N4O5S/c27-21(17-3-5-18(6-4-17)31-15-16-2-1-9-23-14-16)24-10-12-25(13-11-24)22(28)19-7-8-20(32-19)26(29)30/h1-9,14H,10-13,15H2. The van der Waals surface area contributed by atoms with E-state index in [0.29, 0.717) is 49.0 Å². The minimum absolute atomic E-state index is 0.0602. The lowest BCUT2D eigenvalue weighted by molar-refractivity contribution is -0.380. The van der Waals surface area contributed by atoms with E-state index in [1.54, 1.807) is 46.5 Å². The monoisotopic (exact) mass is 452 g/mol. The Labute approximate surface area is 188 Å². The second kappa shape index (κ2) is 9.56. The van der Waals surface area contributed by atoms with Crippen molar-refractivity contribution in [2.75, 3.05) is 26.2 Å². The van der Waals surface area contributed by atoms with Gasteiger partial charge in [0.15, 0.2) is 0 Å². The molecule has 10 heteroatoms. The number of carbonyl (C=O) groups is 2. The maximum atomic E-state index is 12.8. The predicted octanol–water partition coefficient (Wildman–Crippen LogP) is 3.23. The zero-order valence-corrected chi connectivity index (χ0v) is 17.9. The molecule has 4 rings (SSSR count). The third-order valence-corrected chi connectivity index (χ3v) is 6.09. The van der Waals surface area contributed by atoms with Crippen LogP contribution in [0.1, 0.15) is 25.6 Å². The van der Waals surface area contributed by atoms with Crippen molar-refractivity contribution in [3.8, 4) is 5.75 Å². The molecule has 2 amide bonds. The second-order valence-corrected chi connectivity index (χ2v) is 8.22. The minimum atomic E-state index is -0.507. The Balaban J connectivity index is 1.30. The topological polar surface area (TPSA) is 106 Å². The number of piperazine rings is 1. The normalized spacial score (nSPS) is 13.6. The van der Waals surface area contributed by atoms with Crippen molar-refractivity contribution in [3.63, 3.8) is 0 Å². The number of rotatable bonds is 6. The van der Waals surface area contributed by atoms with Crippen LogP contribution in [0.15, 0.2) is 60.9 Å². The molecular weight excluding hydrogens is 432 g/mol. The number of hydrogen-bond donors (Lipinski definition) is 0. The maximum absolute atomic E-state index is 12.8. The average molecular weight is 452 g/mol. The van der Waals surface area contributed by atoms with Crippen LogP contribution >= 0.6 is 11.3 Å². The van der Waals surface area contributed by atoms with Crippen molar-refractivity contribution in [1.29, 1.82) is 0 Å². The quantitative estimate of drug-likeness (QED) is 0.420. The van der Waals surface area contributed by atoms with Crippen molar-refractivity contribution < 1.29 is 19.2 Å². The first-order valence-electron chi connectivity index (χ1n) is 9.96. The van der Waals surface area contributed by atoms with E-state index in [9.17, 15) is 19.7 Å². The second-order valence-electron chi connectivity index (χ2n) is 7.15. The van der Waals surface area contributed by atoms with Crippen LogP contribution in [0.2, 0.25) is 0 Å². The Morgan fingerprint density at radius 3 is 2.28 bits per heavy atom. The van der Waals surface area contributed by atoms with Crippen molar-refractivity contribution >= 4 is 28.2 Å². The van der Waals surface area contributed by atoms with E-state index in [-0.39, 0.29) is 16.8 Å². The van der Waals surface area contributed by atoms with Gasteiger partial charge >= 0.3 is 5.00 Å². The molecule has 164 valence electrons. The zero-order chi connectivity index (χ0) is 22.5.